The fourth-order valence-corrected chi connectivity index (χ4v) is 2.62. The molecule has 0 aliphatic rings. The largest absolute Gasteiger partial charge is 0.355 e. The molecule has 0 radical (unpaired) electrons. The molecular formula is C14H16N2O3S. The Morgan fingerprint density at radius 2 is 1.80 bits per heavy atom. The molecule has 0 aliphatic heterocycles. The zero-order chi connectivity index (χ0) is 14.8. The summed E-state index contributed by atoms with van der Waals surface area (Å²) < 4.78 is 22.4. The number of H-pyrrole nitrogens is 1. The Bertz CT molecular complexity index is 715. The zero-order valence-corrected chi connectivity index (χ0v) is 12.1. The van der Waals surface area contributed by atoms with Crippen LogP contribution in [-0.4, -0.2) is 25.6 Å². The van der Waals surface area contributed by atoms with Crippen molar-refractivity contribution in [2.75, 3.05) is 11.6 Å². The van der Waals surface area contributed by atoms with Crippen molar-refractivity contribution in [2.24, 2.45) is 0 Å². The second-order valence-electron chi connectivity index (χ2n) is 4.78. The zero-order valence-electron chi connectivity index (χ0n) is 11.3. The maximum atomic E-state index is 11.9. The number of hydrogen-bond acceptors (Lipinski definition) is 3. The molecule has 2 N–H and O–H groups in total. The molecule has 6 heteroatoms. The molecule has 2 aromatic rings. The van der Waals surface area contributed by atoms with E-state index in [4.69, 9.17) is 0 Å². The molecule has 0 aliphatic carbocycles. The van der Waals surface area contributed by atoms with E-state index >= 15 is 0 Å². The van der Waals surface area contributed by atoms with Crippen molar-refractivity contribution in [3.63, 3.8) is 0 Å². The van der Waals surface area contributed by atoms with Crippen molar-refractivity contribution >= 4 is 21.4 Å². The van der Waals surface area contributed by atoms with Gasteiger partial charge in [-0.2, -0.15) is 0 Å². The second kappa shape index (κ2) is 5.50. The van der Waals surface area contributed by atoms with Gasteiger partial charge in [0, 0.05) is 17.6 Å². The monoisotopic (exact) mass is 292 g/mol. The highest BCUT2D eigenvalue weighted by Crippen LogP contribution is 2.13. The number of nitrogens with one attached hydrogen (secondary N) is 2. The summed E-state index contributed by atoms with van der Waals surface area (Å²) in [4.78, 5) is 14.9. The third-order valence-corrected chi connectivity index (χ3v) is 3.57. The van der Waals surface area contributed by atoms with Crippen molar-refractivity contribution in [1.29, 1.82) is 0 Å². The van der Waals surface area contributed by atoms with Crippen molar-refractivity contribution < 1.29 is 13.2 Å². The number of aromatic nitrogens is 1. The number of hydrogen-bond donors (Lipinski definition) is 2. The van der Waals surface area contributed by atoms with Gasteiger partial charge in [-0.05, 0) is 36.8 Å². The van der Waals surface area contributed by atoms with Crippen LogP contribution >= 0.6 is 0 Å². The standard InChI is InChI=1S/C14H16N2O3S/c1-10-3-8-13(15-10)14(17)16-12-6-4-11(5-7-12)9-20(2,18)19/h3-8,15H,9H2,1-2H3,(H,16,17). The van der Waals surface area contributed by atoms with Gasteiger partial charge in [0.25, 0.3) is 5.91 Å². The van der Waals surface area contributed by atoms with Crippen molar-refractivity contribution in [1.82, 2.24) is 4.98 Å². The molecule has 1 aromatic carbocycles. The normalized spacial score (nSPS) is 11.3. The third-order valence-electron chi connectivity index (χ3n) is 2.72. The van der Waals surface area contributed by atoms with Gasteiger partial charge in [0.2, 0.25) is 0 Å². The number of carbonyl (C=O) groups is 1. The number of benzene rings is 1. The third kappa shape index (κ3) is 3.96. The van der Waals surface area contributed by atoms with Crippen molar-refractivity contribution in [3.05, 3.63) is 53.3 Å². The fourth-order valence-electron chi connectivity index (χ4n) is 1.82. The molecule has 20 heavy (non-hydrogen) atoms. The lowest BCUT2D eigenvalue weighted by molar-refractivity contribution is 0.102. The topological polar surface area (TPSA) is 79.0 Å². The van der Waals surface area contributed by atoms with Crippen molar-refractivity contribution in [3.8, 4) is 0 Å². The van der Waals surface area contributed by atoms with Crippen LogP contribution in [0.4, 0.5) is 5.69 Å². The Hall–Kier alpha value is -2.08. The van der Waals surface area contributed by atoms with Crippen LogP contribution in [0.1, 0.15) is 21.7 Å². The van der Waals surface area contributed by atoms with Gasteiger partial charge >= 0.3 is 0 Å². The van der Waals surface area contributed by atoms with E-state index < -0.39 is 9.84 Å². The summed E-state index contributed by atoms with van der Waals surface area (Å²) in [6, 6.07) is 10.3. The quantitative estimate of drug-likeness (QED) is 0.906. The highest BCUT2D eigenvalue weighted by Gasteiger charge is 2.08. The van der Waals surface area contributed by atoms with E-state index in [-0.39, 0.29) is 11.7 Å². The van der Waals surface area contributed by atoms with E-state index in [1.54, 1.807) is 30.3 Å². The lowest BCUT2D eigenvalue weighted by Gasteiger charge is -2.05. The minimum Gasteiger partial charge on any atom is -0.355 e. The van der Waals surface area contributed by atoms with E-state index in [1.807, 2.05) is 13.0 Å². The average molecular weight is 292 g/mol. The van der Waals surface area contributed by atoms with E-state index in [0.29, 0.717) is 16.9 Å². The van der Waals surface area contributed by atoms with Gasteiger partial charge in [-0.1, -0.05) is 12.1 Å². The molecule has 0 saturated carbocycles. The maximum absolute atomic E-state index is 11.9. The summed E-state index contributed by atoms with van der Waals surface area (Å²) in [5, 5.41) is 2.74. The molecule has 0 atom stereocenters. The van der Waals surface area contributed by atoms with Crippen LogP contribution in [0, 0.1) is 6.92 Å². The summed E-state index contributed by atoms with van der Waals surface area (Å²) in [7, 11) is -3.05. The first-order chi connectivity index (χ1) is 9.33. The predicted octanol–water partition coefficient (Wildman–Crippen LogP) is 2.12. The fraction of sp³-hybridized carbons (Fsp3) is 0.214. The summed E-state index contributed by atoms with van der Waals surface area (Å²) in [5.74, 6) is -0.231. The van der Waals surface area contributed by atoms with E-state index in [2.05, 4.69) is 10.3 Å². The number of carbonyl (C=O) groups excluding carboxylic acids is 1. The highest BCUT2D eigenvalue weighted by molar-refractivity contribution is 7.89. The molecule has 2 rings (SSSR count). The predicted molar refractivity (Wildman–Crippen MR) is 78.5 cm³/mol. The van der Waals surface area contributed by atoms with Gasteiger partial charge < -0.3 is 10.3 Å². The number of rotatable bonds is 4. The van der Waals surface area contributed by atoms with E-state index in [9.17, 15) is 13.2 Å². The number of aromatic amines is 1. The Balaban J connectivity index is 2.06. The summed E-state index contributed by atoms with van der Waals surface area (Å²) in [5.41, 5.74) is 2.72. The molecule has 1 amide bonds. The summed E-state index contributed by atoms with van der Waals surface area (Å²) in [6.07, 6.45) is 1.19. The van der Waals surface area contributed by atoms with Gasteiger partial charge in [0.05, 0.1) is 5.75 Å². The maximum Gasteiger partial charge on any atom is 0.272 e. The minimum atomic E-state index is -3.05. The second-order valence-corrected chi connectivity index (χ2v) is 6.92. The lowest BCUT2D eigenvalue weighted by Crippen LogP contribution is -2.12. The molecule has 0 spiro atoms. The van der Waals surface area contributed by atoms with Gasteiger partial charge in [0.1, 0.15) is 5.69 Å². The summed E-state index contributed by atoms with van der Waals surface area (Å²) >= 11 is 0. The van der Waals surface area contributed by atoms with Gasteiger partial charge in [0.15, 0.2) is 9.84 Å². The molecule has 0 unspecified atom stereocenters. The lowest BCUT2D eigenvalue weighted by atomic mass is 10.2. The first-order valence-electron chi connectivity index (χ1n) is 6.07. The van der Waals surface area contributed by atoms with E-state index in [0.717, 1.165) is 5.69 Å². The highest BCUT2D eigenvalue weighted by atomic mass is 32.2. The molecule has 0 saturated heterocycles. The van der Waals surface area contributed by atoms with Gasteiger partial charge in [-0.3, -0.25) is 4.79 Å². The minimum absolute atomic E-state index is 0.00293. The van der Waals surface area contributed by atoms with Gasteiger partial charge in [-0.25, -0.2) is 8.42 Å². The Morgan fingerprint density at radius 1 is 1.15 bits per heavy atom. The molecule has 106 valence electrons. The molecule has 5 nitrogen and oxygen atoms in total. The van der Waals surface area contributed by atoms with Gasteiger partial charge in [-0.15, -0.1) is 0 Å². The van der Waals surface area contributed by atoms with Crippen LogP contribution in [0.25, 0.3) is 0 Å². The first kappa shape index (κ1) is 14.3. The number of anilines is 1. The van der Waals surface area contributed by atoms with Crippen LogP contribution < -0.4 is 5.32 Å². The number of aryl methyl sites for hydroxylation is 1. The Kier molecular flexibility index (Phi) is 3.94. The molecule has 1 heterocycles. The van der Waals surface area contributed by atoms with Crippen LogP contribution in [0.15, 0.2) is 36.4 Å². The van der Waals surface area contributed by atoms with Crippen LogP contribution in [-0.2, 0) is 15.6 Å². The average Bonchev–Trinajstić information content (AvgIpc) is 2.77. The molecule has 0 fully saturated rings. The molecular weight excluding hydrogens is 276 g/mol. The van der Waals surface area contributed by atoms with E-state index in [1.165, 1.54) is 6.26 Å². The molecule has 0 bridgehead atoms. The number of amides is 1. The SMILES string of the molecule is Cc1ccc(C(=O)Nc2ccc(CS(C)(=O)=O)cc2)[nH]1. The van der Waals surface area contributed by atoms with Crippen molar-refractivity contribution in [2.45, 2.75) is 12.7 Å². The van der Waals surface area contributed by atoms with Crippen LogP contribution in [0.5, 0.6) is 0 Å². The molecule has 1 aromatic heterocycles. The number of sulfone groups is 1. The Morgan fingerprint density at radius 3 is 2.30 bits per heavy atom. The first-order valence-corrected chi connectivity index (χ1v) is 8.13. The van der Waals surface area contributed by atoms with Crippen LogP contribution in [0.2, 0.25) is 0 Å². The summed E-state index contributed by atoms with van der Waals surface area (Å²) in [6.45, 7) is 1.87. The smallest absolute Gasteiger partial charge is 0.272 e. The van der Waals surface area contributed by atoms with Crippen LogP contribution in [0.3, 0.4) is 0 Å². The Labute approximate surface area is 117 Å².